The van der Waals surface area contributed by atoms with E-state index in [9.17, 15) is 24.0 Å². The monoisotopic (exact) mass is 655 g/mol. The molecule has 16 heteroatoms. The zero-order valence-corrected chi connectivity index (χ0v) is 25.2. The molecule has 2 fully saturated rings. The molecule has 2 aromatic carbocycles. The van der Waals surface area contributed by atoms with Crippen LogP contribution in [0.5, 0.6) is 0 Å². The second kappa shape index (κ2) is 13.8. The van der Waals surface area contributed by atoms with Gasteiger partial charge >= 0.3 is 17.7 Å². The zero-order chi connectivity index (χ0) is 32.0. The molecule has 2 aliphatic heterocycles. The number of esters is 2. The van der Waals surface area contributed by atoms with E-state index in [2.05, 4.69) is 20.8 Å². The van der Waals surface area contributed by atoms with Crippen LogP contribution in [-0.2, 0) is 43.1 Å². The molecule has 2 atom stereocenters. The van der Waals surface area contributed by atoms with Crippen LogP contribution in [0.15, 0.2) is 71.2 Å². The van der Waals surface area contributed by atoms with Crippen LogP contribution in [0.1, 0.15) is 35.8 Å². The predicted molar refractivity (Wildman–Crippen MR) is 159 cm³/mol. The van der Waals surface area contributed by atoms with Crippen molar-refractivity contribution in [1.29, 1.82) is 0 Å². The Morgan fingerprint density at radius 1 is 1.13 bits per heavy atom. The van der Waals surface area contributed by atoms with Crippen LogP contribution in [0.4, 0.5) is 5.13 Å². The number of thiazole rings is 1. The van der Waals surface area contributed by atoms with Gasteiger partial charge < -0.3 is 24.9 Å². The maximum atomic E-state index is 13.9. The predicted octanol–water partition coefficient (Wildman–Crippen LogP) is 2.30. The number of hydrogen-bond acceptors (Lipinski definition) is 12. The Bertz CT molecular complexity index is 1580. The molecule has 234 valence electrons. The molecule has 1 aromatic heterocycles. The van der Waals surface area contributed by atoms with Gasteiger partial charge in [-0.25, -0.2) is 9.78 Å². The van der Waals surface area contributed by atoms with Gasteiger partial charge in [0.05, 0.1) is 6.42 Å². The number of oxime groups is 1. The van der Waals surface area contributed by atoms with Crippen LogP contribution < -0.4 is 10.6 Å². The van der Waals surface area contributed by atoms with Gasteiger partial charge in [0.25, 0.3) is 11.8 Å². The molecule has 2 N–H and O–H groups in total. The van der Waals surface area contributed by atoms with Gasteiger partial charge in [0.2, 0.25) is 5.91 Å². The van der Waals surface area contributed by atoms with Crippen molar-refractivity contribution in [2.45, 2.75) is 30.7 Å². The molecule has 14 nitrogen and oxygen atoms in total. The average molecular weight is 656 g/mol. The molecule has 3 heterocycles. The number of halogens is 1. The summed E-state index contributed by atoms with van der Waals surface area (Å²) in [5.74, 6) is -4.28. The van der Waals surface area contributed by atoms with Gasteiger partial charge in [-0.15, -0.1) is 22.9 Å². The summed E-state index contributed by atoms with van der Waals surface area (Å²) in [6, 6.07) is 16.6. The molecule has 0 saturated carbocycles. The van der Waals surface area contributed by atoms with Crippen molar-refractivity contribution in [1.82, 2.24) is 15.4 Å². The molecule has 5 rings (SSSR count). The number of rotatable bonds is 11. The molecule has 45 heavy (non-hydrogen) atoms. The lowest BCUT2D eigenvalue weighted by atomic mass is 10.0. The lowest BCUT2D eigenvalue weighted by molar-refractivity contribution is -0.260. The number of benzene rings is 2. The standard InChI is InChI=1S/C29H26ClN5O9S/c1-41-34-23(20-16-45-28(32-20)33-21(36)14-30)25(38)31-19-15-42-35(26(19)39)29(13-12-22(37)44-29)27(40)43-24(17-8-4-2-5-9-17)18-10-6-3-7-11-18/h2-11,16,19,24H,12-15H2,1H3,(H,31,38)(H,32,33,36)/t19-,29?/m0/s1. The van der Waals surface area contributed by atoms with E-state index in [0.29, 0.717) is 16.2 Å². The first-order chi connectivity index (χ1) is 21.8. The highest BCUT2D eigenvalue weighted by molar-refractivity contribution is 7.14. The van der Waals surface area contributed by atoms with Crippen molar-refractivity contribution in [3.8, 4) is 0 Å². The molecule has 0 bridgehead atoms. The third-order valence-electron chi connectivity index (χ3n) is 6.71. The summed E-state index contributed by atoms with van der Waals surface area (Å²) in [6.07, 6.45) is -1.31. The maximum absolute atomic E-state index is 13.9. The second-order valence-electron chi connectivity index (χ2n) is 9.66. The summed E-state index contributed by atoms with van der Waals surface area (Å²) in [4.78, 5) is 79.1. The van der Waals surface area contributed by atoms with Crippen LogP contribution in [0.2, 0.25) is 0 Å². The summed E-state index contributed by atoms with van der Waals surface area (Å²) >= 11 is 6.52. The SMILES string of the molecule is CON=C(C(=O)N[C@H]1CON(C2(C(=O)OC(c3ccccc3)c3ccccc3)CCC(=O)O2)C1=O)c1csc(NC(=O)CCl)n1. The largest absolute Gasteiger partial charge is 0.448 e. The highest BCUT2D eigenvalue weighted by Gasteiger charge is 2.60. The lowest BCUT2D eigenvalue weighted by Gasteiger charge is -2.34. The van der Waals surface area contributed by atoms with Crippen LogP contribution >= 0.6 is 22.9 Å². The average Bonchev–Trinajstić information content (AvgIpc) is 3.78. The summed E-state index contributed by atoms with van der Waals surface area (Å²) < 4.78 is 11.4. The van der Waals surface area contributed by atoms with Crippen LogP contribution in [0.25, 0.3) is 0 Å². The number of nitrogens with one attached hydrogen (secondary N) is 2. The number of nitrogens with zero attached hydrogens (tertiary/aromatic N) is 3. The molecule has 3 amide bonds. The van der Waals surface area contributed by atoms with Crippen molar-refractivity contribution < 1.29 is 43.1 Å². The first kappa shape index (κ1) is 31.6. The number of ether oxygens (including phenoxy) is 2. The molecule has 0 aliphatic carbocycles. The number of cyclic esters (lactones) is 1. The highest BCUT2D eigenvalue weighted by Crippen LogP contribution is 2.37. The smallest absolute Gasteiger partial charge is 0.376 e. The van der Waals surface area contributed by atoms with Gasteiger partial charge in [-0.3, -0.25) is 24.0 Å². The number of anilines is 1. The zero-order valence-electron chi connectivity index (χ0n) is 23.6. The van der Waals surface area contributed by atoms with Gasteiger partial charge in [0, 0.05) is 11.8 Å². The quantitative estimate of drug-likeness (QED) is 0.135. The first-order valence-corrected chi connectivity index (χ1v) is 14.9. The molecular weight excluding hydrogens is 630 g/mol. The van der Waals surface area contributed by atoms with Gasteiger partial charge in [-0.1, -0.05) is 65.8 Å². The Hall–Kier alpha value is -4.86. The van der Waals surface area contributed by atoms with E-state index >= 15 is 0 Å². The number of amides is 3. The number of carbonyl (C=O) groups is 5. The third-order valence-corrected chi connectivity index (χ3v) is 7.71. The molecule has 3 aromatic rings. The Balaban J connectivity index is 1.35. The minimum absolute atomic E-state index is 0.0464. The lowest BCUT2D eigenvalue weighted by Crippen LogP contribution is -2.57. The second-order valence-corrected chi connectivity index (χ2v) is 10.8. The normalized spacial score (nSPS) is 19.8. The Labute approximate surface area is 265 Å². The highest BCUT2D eigenvalue weighted by atomic mass is 35.5. The van der Waals surface area contributed by atoms with E-state index in [1.165, 1.54) is 12.5 Å². The Morgan fingerprint density at radius 2 is 1.80 bits per heavy atom. The van der Waals surface area contributed by atoms with E-state index in [1.54, 1.807) is 48.5 Å². The fourth-order valence-electron chi connectivity index (χ4n) is 4.64. The number of aromatic nitrogens is 1. The van der Waals surface area contributed by atoms with E-state index in [4.69, 9.17) is 30.7 Å². The topological polar surface area (TPSA) is 175 Å². The number of hydrogen-bond donors (Lipinski definition) is 2. The summed E-state index contributed by atoms with van der Waals surface area (Å²) in [6.45, 7) is -0.397. The van der Waals surface area contributed by atoms with Gasteiger partial charge in [0.1, 0.15) is 31.3 Å². The van der Waals surface area contributed by atoms with Gasteiger partial charge in [-0.05, 0) is 11.1 Å². The van der Waals surface area contributed by atoms with E-state index < -0.39 is 54.1 Å². The van der Waals surface area contributed by atoms with E-state index in [1.807, 2.05) is 12.1 Å². The Kier molecular flexibility index (Phi) is 9.71. The first-order valence-electron chi connectivity index (χ1n) is 13.5. The van der Waals surface area contributed by atoms with E-state index in [0.717, 1.165) is 11.3 Å². The number of hydroxylamine groups is 2. The fourth-order valence-corrected chi connectivity index (χ4v) is 5.42. The summed E-state index contributed by atoms with van der Waals surface area (Å²) in [7, 11) is 1.21. The third kappa shape index (κ3) is 6.79. The molecule has 1 unspecified atom stereocenters. The van der Waals surface area contributed by atoms with Crippen LogP contribution in [0.3, 0.4) is 0 Å². The minimum Gasteiger partial charge on any atom is -0.448 e. The Morgan fingerprint density at radius 3 is 2.38 bits per heavy atom. The molecule has 0 radical (unpaired) electrons. The maximum Gasteiger partial charge on any atom is 0.376 e. The molecule has 2 aliphatic rings. The molecule has 0 spiro atoms. The summed E-state index contributed by atoms with van der Waals surface area (Å²) in [5, 5.41) is 10.9. The van der Waals surface area contributed by atoms with Gasteiger partial charge in [-0.2, -0.15) is 5.06 Å². The van der Waals surface area contributed by atoms with Crippen molar-refractivity contribution in [3.63, 3.8) is 0 Å². The van der Waals surface area contributed by atoms with Crippen molar-refractivity contribution in [3.05, 3.63) is 82.9 Å². The minimum atomic E-state index is -2.23. The van der Waals surface area contributed by atoms with Crippen LogP contribution in [0, 0.1) is 0 Å². The fraction of sp³-hybridized carbons (Fsp3) is 0.276. The molecule has 2 saturated heterocycles. The number of alkyl halides is 1. The van der Waals surface area contributed by atoms with Crippen molar-refractivity contribution in [2.75, 3.05) is 24.9 Å². The van der Waals surface area contributed by atoms with Crippen molar-refractivity contribution >= 4 is 63.4 Å². The summed E-state index contributed by atoms with van der Waals surface area (Å²) in [5.41, 5.74) is -1.20. The van der Waals surface area contributed by atoms with Gasteiger partial charge in [0.15, 0.2) is 16.9 Å². The number of carbonyl (C=O) groups excluding carboxylic acids is 5. The van der Waals surface area contributed by atoms with E-state index in [-0.39, 0.29) is 35.3 Å². The van der Waals surface area contributed by atoms with Crippen LogP contribution in [-0.4, -0.2) is 76.8 Å². The molecular formula is C29H26ClN5O9S. The van der Waals surface area contributed by atoms with Crippen molar-refractivity contribution in [2.24, 2.45) is 5.16 Å².